The summed E-state index contributed by atoms with van der Waals surface area (Å²) in [5.41, 5.74) is 4.32. The lowest BCUT2D eigenvalue weighted by molar-refractivity contribution is -0.118. The first-order valence-electron chi connectivity index (χ1n) is 10.4. The van der Waals surface area contributed by atoms with Crippen LogP contribution in [0.5, 0.6) is 5.75 Å². The summed E-state index contributed by atoms with van der Waals surface area (Å²) in [6.07, 6.45) is 1.76. The number of nitrogens with one attached hydrogen (secondary N) is 1. The number of ether oxygens (including phenoxy) is 1. The molecule has 1 aliphatic heterocycles. The average molecular weight is 509 g/mol. The normalized spacial score (nSPS) is 14.6. The lowest BCUT2D eigenvalue weighted by atomic mass is 10.1. The third-order valence-electron chi connectivity index (χ3n) is 5.06. The van der Waals surface area contributed by atoms with Crippen molar-refractivity contribution in [3.8, 4) is 5.75 Å². The number of benzene rings is 3. The van der Waals surface area contributed by atoms with Crippen LogP contribution < -0.4 is 15.0 Å². The number of rotatable bonds is 6. The fraction of sp³-hybridized carbons (Fsp3) is 0.115. The molecule has 1 fully saturated rings. The molecule has 0 aromatic heterocycles. The van der Waals surface area contributed by atoms with Crippen LogP contribution in [0, 0.1) is 13.8 Å². The Balaban J connectivity index is 1.42. The van der Waals surface area contributed by atoms with Crippen LogP contribution in [0.3, 0.4) is 0 Å². The zero-order chi connectivity index (χ0) is 24.2. The summed E-state index contributed by atoms with van der Waals surface area (Å²) < 4.78 is 6.13. The molecule has 1 saturated heterocycles. The molecule has 1 N–H and O–H groups in total. The zero-order valence-corrected chi connectivity index (χ0v) is 20.9. The quantitative estimate of drug-likeness (QED) is 0.309. The van der Waals surface area contributed by atoms with Gasteiger partial charge in [-0.3, -0.25) is 14.5 Å². The largest absolute Gasteiger partial charge is 0.484 e. The van der Waals surface area contributed by atoms with Gasteiger partial charge >= 0.3 is 0 Å². The molecular weight excluding hydrogens is 488 g/mol. The van der Waals surface area contributed by atoms with Crippen molar-refractivity contribution < 1.29 is 14.3 Å². The van der Waals surface area contributed by atoms with Crippen LogP contribution in [0.25, 0.3) is 6.08 Å². The number of nitrogens with zero attached hydrogens (tertiary/aromatic N) is 1. The van der Waals surface area contributed by atoms with E-state index < -0.39 is 0 Å². The van der Waals surface area contributed by atoms with E-state index in [1.807, 2.05) is 44.2 Å². The summed E-state index contributed by atoms with van der Waals surface area (Å²) in [5, 5.41) is 3.45. The first kappa shape index (κ1) is 24.0. The van der Waals surface area contributed by atoms with Crippen molar-refractivity contribution in [1.29, 1.82) is 0 Å². The molecule has 3 aromatic carbocycles. The smallest absolute Gasteiger partial charge is 0.270 e. The topological polar surface area (TPSA) is 58.6 Å². The molecule has 1 heterocycles. The molecular formula is C26H21ClN2O3S2. The molecule has 0 spiro atoms. The van der Waals surface area contributed by atoms with Gasteiger partial charge in [-0.2, -0.15) is 0 Å². The number of aryl methyl sites for hydroxylation is 2. The molecule has 0 aliphatic carbocycles. The van der Waals surface area contributed by atoms with Crippen molar-refractivity contribution in [3.63, 3.8) is 0 Å². The number of carbonyl (C=O) groups is 2. The van der Waals surface area contributed by atoms with Gasteiger partial charge in [-0.1, -0.05) is 65.4 Å². The Hall–Kier alpha value is -3.13. The van der Waals surface area contributed by atoms with Crippen molar-refractivity contribution in [2.75, 3.05) is 16.8 Å². The molecule has 8 heteroatoms. The summed E-state index contributed by atoms with van der Waals surface area (Å²) in [7, 11) is 0. The van der Waals surface area contributed by atoms with Crippen molar-refractivity contribution in [2.24, 2.45) is 0 Å². The fourth-order valence-corrected chi connectivity index (χ4v) is 4.84. The Labute approximate surface area is 212 Å². The van der Waals surface area contributed by atoms with Gasteiger partial charge in [-0.05, 0) is 73.5 Å². The number of hydrogen-bond donors (Lipinski definition) is 1. The van der Waals surface area contributed by atoms with Gasteiger partial charge < -0.3 is 10.1 Å². The number of thioether (sulfide) groups is 1. The van der Waals surface area contributed by atoms with Gasteiger partial charge in [0, 0.05) is 10.7 Å². The minimum Gasteiger partial charge on any atom is -0.484 e. The maximum atomic E-state index is 13.0. The van der Waals surface area contributed by atoms with Gasteiger partial charge in [0.25, 0.3) is 11.8 Å². The van der Waals surface area contributed by atoms with Crippen LogP contribution in [0.1, 0.15) is 16.7 Å². The summed E-state index contributed by atoms with van der Waals surface area (Å²) in [6.45, 7) is 3.82. The summed E-state index contributed by atoms with van der Waals surface area (Å²) in [6, 6.07) is 20.0. The van der Waals surface area contributed by atoms with E-state index in [2.05, 4.69) is 5.32 Å². The average Bonchev–Trinajstić information content (AvgIpc) is 3.08. The van der Waals surface area contributed by atoms with E-state index in [0.717, 1.165) is 22.4 Å². The second-order valence-electron chi connectivity index (χ2n) is 7.72. The van der Waals surface area contributed by atoms with Crippen molar-refractivity contribution in [2.45, 2.75) is 13.8 Å². The van der Waals surface area contributed by atoms with E-state index in [4.69, 9.17) is 28.6 Å². The molecule has 0 radical (unpaired) electrons. The van der Waals surface area contributed by atoms with Crippen LogP contribution in [-0.4, -0.2) is 22.7 Å². The zero-order valence-electron chi connectivity index (χ0n) is 18.5. The molecule has 0 atom stereocenters. The molecule has 1 aliphatic rings. The molecule has 5 nitrogen and oxygen atoms in total. The lowest BCUT2D eigenvalue weighted by Crippen LogP contribution is -2.27. The Bertz CT molecular complexity index is 1310. The molecule has 0 unspecified atom stereocenters. The number of carbonyl (C=O) groups excluding carboxylic acids is 2. The molecule has 172 valence electrons. The van der Waals surface area contributed by atoms with Crippen molar-refractivity contribution in [3.05, 3.63) is 93.3 Å². The van der Waals surface area contributed by atoms with Crippen molar-refractivity contribution >= 4 is 69.2 Å². The Morgan fingerprint density at radius 3 is 2.62 bits per heavy atom. The number of halogens is 1. The van der Waals surface area contributed by atoms with E-state index >= 15 is 0 Å². The standard InChI is InChI=1S/C26H21ClN2O3S2/c1-16-6-11-22(17(2)12-16)28-24(30)15-32-21-5-3-4-18(13-21)14-23-25(31)29(26(33)34-23)20-9-7-19(27)8-10-20/h3-14H,15H2,1-2H3,(H,28,30)/b23-14-. The Kier molecular flexibility index (Phi) is 7.36. The minimum atomic E-state index is -0.249. The maximum absolute atomic E-state index is 13.0. The van der Waals surface area contributed by atoms with Crippen LogP contribution in [0.4, 0.5) is 11.4 Å². The molecule has 0 bridgehead atoms. The van der Waals surface area contributed by atoms with Crippen LogP contribution >= 0.6 is 35.6 Å². The van der Waals surface area contributed by atoms with Gasteiger partial charge in [0.15, 0.2) is 10.9 Å². The number of hydrogen-bond acceptors (Lipinski definition) is 5. The summed E-state index contributed by atoms with van der Waals surface area (Å²) in [5.74, 6) is 0.0791. The van der Waals surface area contributed by atoms with Crippen LogP contribution in [0.15, 0.2) is 71.6 Å². The van der Waals surface area contributed by atoms with E-state index in [9.17, 15) is 9.59 Å². The van der Waals surface area contributed by atoms with Gasteiger partial charge in [-0.15, -0.1) is 0 Å². The summed E-state index contributed by atoms with van der Waals surface area (Å²) >= 11 is 12.6. The lowest BCUT2D eigenvalue weighted by Gasteiger charge is -2.14. The monoisotopic (exact) mass is 508 g/mol. The first-order valence-corrected chi connectivity index (χ1v) is 12.0. The van der Waals surface area contributed by atoms with E-state index in [1.165, 1.54) is 16.7 Å². The number of anilines is 2. The Morgan fingerprint density at radius 1 is 1.12 bits per heavy atom. The SMILES string of the molecule is Cc1ccc(NC(=O)COc2cccc(/C=C3\SC(=S)N(c4ccc(Cl)cc4)C3=O)c2)c(C)c1. The molecule has 0 saturated carbocycles. The van der Waals surface area contributed by atoms with E-state index in [-0.39, 0.29) is 18.4 Å². The van der Waals surface area contributed by atoms with Gasteiger partial charge in [0.05, 0.1) is 10.6 Å². The first-order chi connectivity index (χ1) is 16.3. The molecule has 3 aromatic rings. The second kappa shape index (κ2) is 10.4. The highest BCUT2D eigenvalue weighted by Gasteiger charge is 2.33. The van der Waals surface area contributed by atoms with Crippen LogP contribution in [-0.2, 0) is 9.59 Å². The van der Waals surface area contributed by atoms with E-state index in [1.54, 1.807) is 42.5 Å². The predicted molar refractivity (Wildman–Crippen MR) is 144 cm³/mol. The number of thiocarbonyl (C=S) groups is 1. The molecule has 4 rings (SSSR count). The van der Waals surface area contributed by atoms with Gasteiger partial charge in [0.1, 0.15) is 5.75 Å². The molecule has 2 amide bonds. The van der Waals surface area contributed by atoms with E-state index in [0.29, 0.717) is 25.7 Å². The van der Waals surface area contributed by atoms with Crippen LogP contribution in [0.2, 0.25) is 5.02 Å². The highest BCUT2D eigenvalue weighted by molar-refractivity contribution is 8.27. The highest BCUT2D eigenvalue weighted by atomic mass is 35.5. The van der Waals surface area contributed by atoms with Gasteiger partial charge in [-0.25, -0.2) is 0 Å². The second-order valence-corrected chi connectivity index (χ2v) is 9.83. The Morgan fingerprint density at radius 2 is 1.88 bits per heavy atom. The minimum absolute atomic E-state index is 0.130. The third kappa shape index (κ3) is 5.67. The highest BCUT2D eigenvalue weighted by Crippen LogP contribution is 2.36. The van der Waals surface area contributed by atoms with Crippen molar-refractivity contribution in [1.82, 2.24) is 0 Å². The number of amides is 2. The third-order valence-corrected chi connectivity index (χ3v) is 6.61. The fourth-order valence-electron chi connectivity index (χ4n) is 3.41. The maximum Gasteiger partial charge on any atom is 0.270 e. The molecule has 34 heavy (non-hydrogen) atoms. The van der Waals surface area contributed by atoms with Gasteiger partial charge in [0.2, 0.25) is 0 Å². The predicted octanol–water partition coefficient (Wildman–Crippen LogP) is 6.38. The summed E-state index contributed by atoms with van der Waals surface area (Å²) in [4.78, 5) is 27.3.